The third kappa shape index (κ3) is 10.1. The fourth-order valence-corrected chi connectivity index (χ4v) is 9.78. The summed E-state index contributed by atoms with van der Waals surface area (Å²) in [5, 5.41) is 25.3. The van der Waals surface area contributed by atoms with Crippen molar-refractivity contribution in [2.45, 2.75) is 115 Å². The molecule has 0 bridgehead atoms. The molecule has 1 amide bonds. The van der Waals surface area contributed by atoms with E-state index in [0.717, 1.165) is 59.9 Å². The number of hydrogen-bond acceptors (Lipinski definition) is 9. The van der Waals surface area contributed by atoms with Gasteiger partial charge in [-0.3, -0.25) is 14.3 Å². The van der Waals surface area contributed by atoms with Gasteiger partial charge in [-0.2, -0.15) is 0 Å². The van der Waals surface area contributed by atoms with Crippen molar-refractivity contribution >= 4 is 42.1 Å². The third-order valence-corrected chi connectivity index (χ3v) is 17.5. The highest BCUT2D eigenvalue weighted by Crippen LogP contribution is 2.42. The summed E-state index contributed by atoms with van der Waals surface area (Å²) < 4.78 is 20.3. The summed E-state index contributed by atoms with van der Waals surface area (Å²) in [6, 6.07) is 26.2. The van der Waals surface area contributed by atoms with Gasteiger partial charge in [0.25, 0.3) is 0 Å². The van der Waals surface area contributed by atoms with Crippen LogP contribution in [-0.4, -0.2) is 59.9 Å². The summed E-state index contributed by atoms with van der Waals surface area (Å²) in [5.74, 6) is 0.147. The van der Waals surface area contributed by atoms with Crippen LogP contribution < -0.4 is 32.0 Å². The average molecular weight is 876 g/mol. The number of aromatic hydroxyl groups is 1. The molecule has 0 spiro atoms. The van der Waals surface area contributed by atoms with Gasteiger partial charge in [0.2, 0.25) is 5.56 Å². The molecule has 2 aromatic heterocycles. The number of aryl methyl sites for hydroxylation is 2. The number of nitrogens with one attached hydrogen (secondary N) is 2. The van der Waals surface area contributed by atoms with Crippen molar-refractivity contribution in [3.05, 3.63) is 123 Å². The number of H-pyrrole nitrogens is 1. The first-order valence-corrected chi connectivity index (χ1v) is 24.8. The zero-order valence-electron chi connectivity index (χ0n) is 37.2. The Bertz CT molecular complexity index is 2680. The Morgan fingerprint density at radius 1 is 1.00 bits per heavy atom. The van der Waals surface area contributed by atoms with Crippen LogP contribution in [0.25, 0.3) is 33.1 Å². The number of rotatable bonds is 16. The van der Waals surface area contributed by atoms with E-state index >= 15 is 0 Å². The fraction of sp³-hybridized carbons (Fsp3) is 0.408. The lowest BCUT2D eigenvalue weighted by Crippen LogP contribution is -2.44. The number of phenolic OH excluding ortho intramolecular Hbond substituents is 1. The van der Waals surface area contributed by atoms with E-state index in [1.807, 2.05) is 60.7 Å². The van der Waals surface area contributed by atoms with Gasteiger partial charge in [-0.15, -0.1) is 0 Å². The van der Waals surface area contributed by atoms with Gasteiger partial charge in [-0.25, -0.2) is 9.59 Å². The number of anilines is 1. The molecule has 0 aliphatic heterocycles. The Morgan fingerprint density at radius 3 is 2.44 bits per heavy atom. The van der Waals surface area contributed by atoms with Crippen LogP contribution in [0.3, 0.4) is 0 Å². The predicted molar refractivity (Wildman–Crippen MR) is 252 cm³/mol. The number of benzene rings is 4. The zero-order chi connectivity index (χ0) is 45.1. The molecule has 1 atom stereocenters. The normalized spacial score (nSPS) is 16.4. The first-order valence-electron chi connectivity index (χ1n) is 21.9. The van der Waals surface area contributed by atoms with E-state index in [1.54, 1.807) is 28.7 Å². The van der Waals surface area contributed by atoms with Gasteiger partial charge >= 0.3 is 11.8 Å². The number of carboxylic acid groups (broad SMARTS) is 1. The van der Waals surface area contributed by atoms with Crippen LogP contribution in [0.1, 0.15) is 82.1 Å². The topological polar surface area (TPSA) is 185 Å². The fourth-order valence-electron chi connectivity index (χ4n) is 8.51. The van der Waals surface area contributed by atoms with E-state index in [0.29, 0.717) is 65.9 Å². The Labute approximate surface area is 369 Å². The van der Waals surface area contributed by atoms with Gasteiger partial charge < -0.3 is 39.8 Å². The molecule has 63 heavy (non-hydrogen) atoms. The zero-order valence-corrected chi connectivity index (χ0v) is 38.2. The molecule has 14 heteroatoms. The highest BCUT2D eigenvalue weighted by atomic mass is 28.4. The number of aromatic nitrogens is 2. The van der Waals surface area contributed by atoms with Crippen LogP contribution in [0.5, 0.6) is 11.5 Å². The maximum Gasteiger partial charge on any atom is 0.419 e. The highest BCUT2D eigenvalue weighted by Gasteiger charge is 2.40. The minimum Gasteiger partial charge on any atom is -0.506 e. The number of amides is 1. The minimum absolute atomic E-state index is 0.00924. The maximum atomic E-state index is 13.3. The maximum absolute atomic E-state index is 13.3. The molecule has 1 fully saturated rings. The predicted octanol–water partition coefficient (Wildman–Crippen LogP) is 9.45. The molecule has 6 aromatic rings. The van der Waals surface area contributed by atoms with Crippen LogP contribution in [0.15, 0.2) is 98.9 Å². The van der Waals surface area contributed by atoms with E-state index in [1.165, 1.54) is 6.07 Å². The molecular formula is C49H61N5O8Si. The third-order valence-electron chi connectivity index (χ3n) is 13.0. The van der Waals surface area contributed by atoms with E-state index in [2.05, 4.69) is 50.2 Å². The number of ether oxygens (including phenoxy) is 1. The average Bonchev–Trinajstić information content (AvgIpc) is 3.55. The summed E-state index contributed by atoms with van der Waals surface area (Å²) >= 11 is 0. The number of pyridine rings is 1. The summed E-state index contributed by atoms with van der Waals surface area (Å²) in [5.41, 5.74) is 12.6. The van der Waals surface area contributed by atoms with E-state index in [9.17, 15) is 24.6 Å². The Kier molecular flexibility index (Phi) is 13.7. The summed E-state index contributed by atoms with van der Waals surface area (Å²) in [6.45, 7) is 12.2. The Hall–Kier alpha value is -5.67. The van der Waals surface area contributed by atoms with Crippen LogP contribution >= 0.6 is 0 Å². The number of nitrogens with two attached hydrogens (primary N) is 1. The van der Waals surface area contributed by atoms with Crippen molar-refractivity contribution in [2.75, 3.05) is 18.6 Å². The molecule has 6 N–H and O–H groups in total. The lowest BCUT2D eigenvalue weighted by molar-refractivity contribution is 0.181. The van der Waals surface area contributed by atoms with Crippen LogP contribution in [0, 0.1) is 0 Å². The van der Waals surface area contributed by atoms with Gasteiger partial charge in [0.1, 0.15) is 11.5 Å². The summed E-state index contributed by atoms with van der Waals surface area (Å²) in [7, 11) is -0.694. The highest BCUT2D eigenvalue weighted by molar-refractivity contribution is 6.74. The number of hydrogen-bond donors (Lipinski definition) is 5. The largest absolute Gasteiger partial charge is 0.506 e. The summed E-state index contributed by atoms with van der Waals surface area (Å²) in [6.07, 6.45) is 3.80. The molecule has 1 saturated carbocycles. The molecule has 1 aliphatic carbocycles. The molecule has 7 rings (SSSR count). The molecular weight excluding hydrogens is 815 g/mol. The Balaban J connectivity index is 1.06. The van der Waals surface area contributed by atoms with Gasteiger partial charge in [0.15, 0.2) is 13.9 Å². The van der Waals surface area contributed by atoms with Gasteiger partial charge in [-0.1, -0.05) is 69.3 Å². The van der Waals surface area contributed by atoms with Crippen molar-refractivity contribution in [3.63, 3.8) is 0 Å². The van der Waals surface area contributed by atoms with Gasteiger partial charge in [0.05, 0.1) is 29.9 Å². The second-order valence-corrected chi connectivity index (χ2v) is 23.1. The number of aromatic amines is 1. The van der Waals surface area contributed by atoms with Crippen molar-refractivity contribution in [3.8, 4) is 22.6 Å². The minimum atomic E-state index is -2.30. The number of fused-ring (bicyclic) bond motifs is 2. The van der Waals surface area contributed by atoms with Crippen LogP contribution in [0.4, 0.5) is 10.5 Å². The SMILES string of the molecule is COc1cc2c(cc1CNC[C@H](O[Si](C)(C)C(C)(C)C)c1ccc(O)c3[nH]c(=O)ccc13)oc(=O)n2CCCCc1ccc(-c2ccccc2)c(N(C(=O)O)C2CCC(N)CC2)c1. The van der Waals surface area contributed by atoms with Gasteiger partial charge in [-0.05, 0) is 104 Å². The van der Waals surface area contributed by atoms with E-state index in [-0.39, 0.29) is 28.4 Å². The first-order chi connectivity index (χ1) is 30.0. The molecule has 4 aromatic carbocycles. The quantitative estimate of drug-likeness (QED) is 0.0464. The van der Waals surface area contributed by atoms with Crippen molar-refractivity contribution in [1.29, 1.82) is 0 Å². The van der Waals surface area contributed by atoms with E-state index in [4.69, 9.17) is 19.3 Å². The van der Waals surface area contributed by atoms with Crippen molar-refractivity contribution in [1.82, 2.24) is 14.9 Å². The molecule has 2 heterocycles. The molecule has 1 aliphatic rings. The van der Waals surface area contributed by atoms with Crippen molar-refractivity contribution < 1.29 is 28.6 Å². The molecule has 0 saturated heterocycles. The Morgan fingerprint density at radius 2 is 1.75 bits per heavy atom. The molecule has 0 radical (unpaired) electrons. The second kappa shape index (κ2) is 19.0. The second-order valence-electron chi connectivity index (χ2n) is 18.3. The number of phenols is 1. The van der Waals surface area contributed by atoms with Crippen LogP contribution in [0.2, 0.25) is 18.1 Å². The molecule has 334 valence electrons. The van der Waals surface area contributed by atoms with Crippen molar-refractivity contribution in [2.24, 2.45) is 5.73 Å². The van der Waals surface area contributed by atoms with Crippen LogP contribution in [-0.2, 0) is 23.9 Å². The lowest BCUT2D eigenvalue weighted by Gasteiger charge is -2.39. The summed E-state index contributed by atoms with van der Waals surface area (Å²) in [4.78, 5) is 42.6. The molecule has 13 nitrogen and oxygen atoms in total. The van der Waals surface area contributed by atoms with E-state index < -0.39 is 26.3 Å². The number of carbonyl (C=O) groups is 1. The number of oxazole rings is 1. The number of nitrogens with zero attached hydrogens (tertiary/aromatic N) is 2. The smallest absolute Gasteiger partial charge is 0.419 e. The lowest BCUT2D eigenvalue weighted by atomic mass is 9.89. The number of methoxy groups -OCH3 is 1. The number of unbranched alkanes of at least 4 members (excludes halogenated alkanes) is 1. The standard InChI is InChI=1S/C49H61N5O8Si/c1-49(2,3)63(5,6)62-44(37-21-23-41(55)46-38(37)22-24-45(56)52-46)30-51-29-33-27-43-40(28-42(33)60-4)53(48(59)61-43)25-11-10-12-31-15-20-36(32-13-8-7-9-14-32)39(26-31)54(47(57)58)35-18-16-34(50)17-19-35/h7-9,13-15,20-24,26-28,34-35,44,51,55H,10-12,16-19,25,29-30,50H2,1-6H3,(H,52,56)(H,57,58)/t34?,35?,44-/m0/s1. The first kappa shape index (κ1) is 45.4. The molecule has 0 unspecified atom stereocenters. The van der Waals surface area contributed by atoms with Gasteiger partial charge in [0, 0.05) is 60.4 Å². The monoisotopic (exact) mass is 875 g/mol.